The van der Waals surface area contributed by atoms with Crippen molar-refractivity contribution in [3.05, 3.63) is 70.1 Å². The van der Waals surface area contributed by atoms with Crippen LogP contribution in [0.2, 0.25) is 0 Å². The van der Waals surface area contributed by atoms with Gasteiger partial charge in [0.05, 0.1) is 4.91 Å². The first-order valence-electron chi connectivity index (χ1n) is 8.29. The van der Waals surface area contributed by atoms with Gasteiger partial charge < -0.3 is 10.4 Å². The number of nitrogens with zero attached hydrogens (tertiary/aromatic N) is 1. The van der Waals surface area contributed by atoms with Crippen LogP contribution in [0.5, 0.6) is 5.75 Å². The van der Waals surface area contributed by atoms with E-state index in [1.165, 1.54) is 12.1 Å². The maximum absolute atomic E-state index is 12.4. The van der Waals surface area contributed by atoms with Crippen LogP contribution in [0.25, 0.3) is 6.08 Å². The molecule has 0 saturated carbocycles. The zero-order chi connectivity index (χ0) is 19.4. The van der Waals surface area contributed by atoms with E-state index in [1.54, 1.807) is 18.2 Å². The highest BCUT2D eigenvalue weighted by atomic mass is 32.2. The minimum atomic E-state index is -0.497. The van der Waals surface area contributed by atoms with Crippen molar-refractivity contribution in [2.24, 2.45) is 0 Å². The predicted molar refractivity (Wildman–Crippen MR) is 104 cm³/mol. The standard InChI is InChI=1S/C20H18N2O4S/c1-13-2-4-15(5-3-13)11-21-18(24)12-22-19(25)17(27-20(22)26)10-14-6-8-16(23)9-7-14/h2-10,23H,11-12H2,1H3,(H,21,24)/b17-10-. The number of thioether (sulfide) groups is 1. The Hall–Kier alpha value is -3.06. The van der Waals surface area contributed by atoms with Gasteiger partial charge in [0.25, 0.3) is 11.1 Å². The third-order valence-electron chi connectivity index (χ3n) is 3.98. The summed E-state index contributed by atoms with van der Waals surface area (Å²) in [6.45, 7) is 2.00. The van der Waals surface area contributed by atoms with E-state index in [9.17, 15) is 19.5 Å². The van der Waals surface area contributed by atoms with Crippen molar-refractivity contribution in [3.63, 3.8) is 0 Å². The summed E-state index contributed by atoms with van der Waals surface area (Å²) in [5.41, 5.74) is 2.75. The second-order valence-corrected chi connectivity index (χ2v) is 7.11. The maximum Gasteiger partial charge on any atom is 0.294 e. The lowest BCUT2D eigenvalue weighted by Crippen LogP contribution is -2.39. The summed E-state index contributed by atoms with van der Waals surface area (Å²) >= 11 is 0.795. The molecule has 1 saturated heterocycles. The van der Waals surface area contributed by atoms with Crippen LogP contribution in [0.3, 0.4) is 0 Å². The van der Waals surface area contributed by atoms with Crippen LogP contribution in [-0.4, -0.2) is 33.6 Å². The number of phenolic OH excluding ortho intramolecular Hbond substituents is 1. The molecule has 0 aromatic heterocycles. The van der Waals surface area contributed by atoms with Gasteiger partial charge in [0.1, 0.15) is 12.3 Å². The molecule has 3 amide bonds. The fraction of sp³-hybridized carbons (Fsp3) is 0.150. The third kappa shape index (κ3) is 4.77. The van der Waals surface area contributed by atoms with Crippen LogP contribution in [0.4, 0.5) is 4.79 Å². The Kier molecular flexibility index (Phi) is 5.61. The molecule has 0 aliphatic carbocycles. The number of phenols is 1. The highest BCUT2D eigenvalue weighted by Crippen LogP contribution is 2.32. The quantitative estimate of drug-likeness (QED) is 0.776. The lowest BCUT2D eigenvalue weighted by Gasteiger charge is -2.12. The van der Waals surface area contributed by atoms with Crippen LogP contribution in [0.15, 0.2) is 53.4 Å². The number of carbonyl (C=O) groups excluding carboxylic acids is 3. The van der Waals surface area contributed by atoms with Gasteiger partial charge in [0, 0.05) is 6.54 Å². The largest absolute Gasteiger partial charge is 0.508 e. The van der Waals surface area contributed by atoms with E-state index in [2.05, 4.69) is 5.32 Å². The summed E-state index contributed by atoms with van der Waals surface area (Å²) < 4.78 is 0. The molecule has 2 N–H and O–H groups in total. The number of hydrogen-bond acceptors (Lipinski definition) is 5. The average Bonchev–Trinajstić information content (AvgIpc) is 2.90. The van der Waals surface area contributed by atoms with Gasteiger partial charge in [-0.05, 0) is 48.0 Å². The molecule has 138 valence electrons. The van der Waals surface area contributed by atoms with E-state index in [0.717, 1.165) is 27.8 Å². The molecule has 1 aliphatic heterocycles. The molecular weight excluding hydrogens is 364 g/mol. The summed E-state index contributed by atoms with van der Waals surface area (Å²) in [6, 6.07) is 14.0. The van der Waals surface area contributed by atoms with Crippen molar-refractivity contribution in [1.29, 1.82) is 0 Å². The van der Waals surface area contributed by atoms with Gasteiger partial charge in [-0.15, -0.1) is 0 Å². The smallest absolute Gasteiger partial charge is 0.294 e. The molecule has 7 heteroatoms. The molecule has 0 spiro atoms. The number of benzene rings is 2. The minimum Gasteiger partial charge on any atom is -0.508 e. The Balaban J connectivity index is 1.60. The van der Waals surface area contributed by atoms with Crippen molar-refractivity contribution < 1.29 is 19.5 Å². The van der Waals surface area contributed by atoms with Gasteiger partial charge in [-0.1, -0.05) is 42.0 Å². The highest BCUT2D eigenvalue weighted by Gasteiger charge is 2.36. The van der Waals surface area contributed by atoms with Crippen LogP contribution >= 0.6 is 11.8 Å². The first kappa shape index (κ1) is 18.7. The van der Waals surface area contributed by atoms with E-state index in [1.807, 2.05) is 31.2 Å². The number of aryl methyl sites for hydroxylation is 1. The second kappa shape index (κ2) is 8.09. The SMILES string of the molecule is Cc1ccc(CNC(=O)CN2C(=O)S/C(=C\c3ccc(O)cc3)C2=O)cc1. The van der Waals surface area contributed by atoms with Crippen molar-refractivity contribution >= 4 is 34.9 Å². The summed E-state index contributed by atoms with van der Waals surface area (Å²) in [5.74, 6) is -0.780. The van der Waals surface area contributed by atoms with E-state index < -0.39 is 17.1 Å². The lowest BCUT2D eigenvalue weighted by atomic mass is 10.1. The normalized spacial score (nSPS) is 15.4. The van der Waals surface area contributed by atoms with Gasteiger partial charge in [-0.3, -0.25) is 19.3 Å². The Morgan fingerprint density at radius 3 is 2.44 bits per heavy atom. The average molecular weight is 382 g/mol. The summed E-state index contributed by atoms with van der Waals surface area (Å²) in [5, 5.41) is 11.5. The summed E-state index contributed by atoms with van der Waals surface area (Å²) in [6.07, 6.45) is 1.56. The van der Waals surface area contributed by atoms with E-state index >= 15 is 0 Å². The zero-order valence-corrected chi connectivity index (χ0v) is 15.5. The molecule has 6 nitrogen and oxygen atoms in total. The minimum absolute atomic E-state index is 0.116. The van der Waals surface area contributed by atoms with Crippen molar-refractivity contribution in [1.82, 2.24) is 10.2 Å². The second-order valence-electron chi connectivity index (χ2n) is 6.12. The van der Waals surface area contributed by atoms with Crippen LogP contribution in [0.1, 0.15) is 16.7 Å². The molecule has 2 aromatic rings. The zero-order valence-electron chi connectivity index (χ0n) is 14.6. The molecule has 1 heterocycles. The predicted octanol–water partition coefficient (Wildman–Crippen LogP) is 3.05. The third-order valence-corrected chi connectivity index (χ3v) is 4.88. The van der Waals surface area contributed by atoms with Gasteiger partial charge in [-0.2, -0.15) is 0 Å². The Morgan fingerprint density at radius 2 is 1.78 bits per heavy atom. The van der Waals surface area contributed by atoms with E-state index in [4.69, 9.17) is 0 Å². The van der Waals surface area contributed by atoms with Gasteiger partial charge in [0.15, 0.2) is 0 Å². The van der Waals surface area contributed by atoms with Crippen LogP contribution < -0.4 is 5.32 Å². The van der Waals surface area contributed by atoms with Crippen LogP contribution in [0, 0.1) is 6.92 Å². The maximum atomic E-state index is 12.4. The molecule has 0 unspecified atom stereocenters. The number of nitrogens with one attached hydrogen (secondary N) is 1. The number of hydrogen-bond donors (Lipinski definition) is 2. The van der Waals surface area contributed by atoms with E-state index in [0.29, 0.717) is 12.1 Å². The number of carbonyl (C=O) groups is 3. The van der Waals surface area contributed by atoms with Crippen molar-refractivity contribution in [2.75, 3.05) is 6.54 Å². The highest BCUT2D eigenvalue weighted by molar-refractivity contribution is 8.18. The molecule has 2 aromatic carbocycles. The molecule has 1 aliphatic rings. The first-order valence-corrected chi connectivity index (χ1v) is 9.10. The van der Waals surface area contributed by atoms with E-state index in [-0.39, 0.29) is 17.2 Å². The molecule has 27 heavy (non-hydrogen) atoms. The van der Waals surface area contributed by atoms with Crippen LogP contribution in [-0.2, 0) is 16.1 Å². The first-order chi connectivity index (χ1) is 12.9. The monoisotopic (exact) mass is 382 g/mol. The number of imide groups is 1. The Morgan fingerprint density at radius 1 is 1.11 bits per heavy atom. The molecular formula is C20H18N2O4S. The van der Waals surface area contributed by atoms with Gasteiger partial charge in [-0.25, -0.2) is 0 Å². The van der Waals surface area contributed by atoms with Gasteiger partial charge in [0.2, 0.25) is 5.91 Å². The molecule has 1 fully saturated rings. The molecule has 0 bridgehead atoms. The Bertz CT molecular complexity index is 905. The van der Waals surface area contributed by atoms with Crippen molar-refractivity contribution in [2.45, 2.75) is 13.5 Å². The number of rotatable bonds is 5. The molecule has 3 rings (SSSR count). The fourth-order valence-corrected chi connectivity index (χ4v) is 3.30. The summed E-state index contributed by atoms with van der Waals surface area (Å²) in [4.78, 5) is 37.8. The topological polar surface area (TPSA) is 86.7 Å². The number of aromatic hydroxyl groups is 1. The van der Waals surface area contributed by atoms with Crippen molar-refractivity contribution in [3.8, 4) is 5.75 Å². The molecule has 0 radical (unpaired) electrons. The fourth-order valence-electron chi connectivity index (χ4n) is 2.46. The van der Waals surface area contributed by atoms with Gasteiger partial charge >= 0.3 is 0 Å². The lowest BCUT2D eigenvalue weighted by molar-refractivity contribution is -0.129. The Labute approximate surface area is 160 Å². The molecule has 0 atom stereocenters. The number of amides is 3. The summed E-state index contributed by atoms with van der Waals surface area (Å²) in [7, 11) is 0.